The number of rotatable bonds is 3. The summed E-state index contributed by atoms with van der Waals surface area (Å²) in [5.41, 5.74) is 4.47. The van der Waals surface area contributed by atoms with Gasteiger partial charge in [0.1, 0.15) is 0 Å². The zero-order chi connectivity index (χ0) is 12.1. The minimum Gasteiger partial charge on any atom is -0.459 e. The van der Waals surface area contributed by atoms with E-state index in [1.54, 1.807) is 18.3 Å². The zero-order valence-electron chi connectivity index (χ0n) is 9.38. The van der Waals surface area contributed by atoms with Crippen LogP contribution in [0.5, 0.6) is 0 Å². The van der Waals surface area contributed by atoms with Crippen molar-refractivity contribution in [3.8, 4) is 0 Å². The second-order valence-electron chi connectivity index (χ2n) is 3.59. The Morgan fingerprint density at radius 3 is 2.94 bits per heavy atom. The van der Waals surface area contributed by atoms with Gasteiger partial charge in [-0.25, -0.2) is 5.43 Å². The molecule has 1 amide bonds. The number of nitrogens with one attached hydrogen (secondary N) is 1. The number of hydrogen-bond acceptors (Lipinski definition) is 3. The first kappa shape index (κ1) is 11.1. The van der Waals surface area contributed by atoms with Crippen molar-refractivity contribution in [2.45, 2.75) is 6.92 Å². The SMILES string of the molecule is Cc1cccc(/C=N\NC(=O)c2ccco2)c1. The van der Waals surface area contributed by atoms with Gasteiger partial charge < -0.3 is 4.42 Å². The third-order valence-electron chi connectivity index (χ3n) is 2.17. The molecule has 1 N–H and O–H groups in total. The summed E-state index contributed by atoms with van der Waals surface area (Å²) in [4.78, 5) is 11.4. The van der Waals surface area contributed by atoms with Gasteiger partial charge in [0.25, 0.3) is 0 Å². The average Bonchev–Trinajstić information content (AvgIpc) is 2.82. The summed E-state index contributed by atoms with van der Waals surface area (Å²) in [5, 5.41) is 3.85. The Morgan fingerprint density at radius 2 is 2.24 bits per heavy atom. The van der Waals surface area contributed by atoms with Crippen molar-refractivity contribution in [3.05, 3.63) is 59.5 Å². The summed E-state index contributed by atoms with van der Waals surface area (Å²) >= 11 is 0. The van der Waals surface area contributed by atoms with Crippen LogP contribution >= 0.6 is 0 Å². The number of amides is 1. The molecule has 4 heteroatoms. The van der Waals surface area contributed by atoms with Gasteiger partial charge in [-0.3, -0.25) is 4.79 Å². The van der Waals surface area contributed by atoms with Crippen LogP contribution in [-0.4, -0.2) is 12.1 Å². The molecule has 0 fully saturated rings. The van der Waals surface area contributed by atoms with Crippen LogP contribution in [0.4, 0.5) is 0 Å². The lowest BCUT2D eigenvalue weighted by Gasteiger charge is -1.96. The number of carbonyl (C=O) groups is 1. The Hall–Kier alpha value is -2.36. The van der Waals surface area contributed by atoms with Gasteiger partial charge in [-0.2, -0.15) is 5.10 Å². The minimum absolute atomic E-state index is 0.242. The van der Waals surface area contributed by atoms with Crippen molar-refractivity contribution in [3.63, 3.8) is 0 Å². The normalized spacial score (nSPS) is 10.6. The Morgan fingerprint density at radius 1 is 1.35 bits per heavy atom. The van der Waals surface area contributed by atoms with Gasteiger partial charge in [-0.05, 0) is 24.6 Å². The van der Waals surface area contributed by atoms with Crippen LogP contribution in [-0.2, 0) is 0 Å². The molecule has 86 valence electrons. The van der Waals surface area contributed by atoms with E-state index in [0.717, 1.165) is 11.1 Å². The van der Waals surface area contributed by atoms with Crippen LogP contribution in [0.15, 0.2) is 52.2 Å². The molecule has 0 bridgehead atoms. The van der Waals surface area contributed by atoms with Gasteiger partial charge in [0.05, 0.1) is 12.5 Å². The second-order valence-corrected chi connectivity index (χ2v) is 3.59. The van der Waals surface area contributed by atoms with Crippen molar-refractivity contribution in [1.82, 2.24) is 5.43 Å². The number of hydrazone groups is 1. The molecule has 0 unspecified atom stereocenters. The van der Waals surface area contributed by atoms with E-state index in [-0.39, 0.29) is 11.7 Å². The van der Waals surface area contributed by atoms with E-state index >= 15 is 0 Å². The standard InChI is InChI=1S/C13H12N2O2/c1-10-4-2-5-11(8-10)9-14-15-13(16)12-6-3-7-17-12/h2-9H,1H3,(H,15,16)/b14-9-. The molecule has 4 nitrogen and oxygen atoms in total. The smallest absolute Gasteiger partial charge is 0.307 e. The van der Waals surface area contributed by atoms with Gasteiger partial charge in [0.2, 0.25) is 0 Å². The number of hydrogen-bond donors (Lipinski definition) is 1. The predicted molar refractivity (Wildman–Crippen MR) is 64.9 cm³/mol. The van der Waals surface area contributed by atoms with Crippen LogP contribution in [0.2, 0.25) is 0 Å². The first-order valence-electron chi connectivity index (χ1n) is 5.19. The molecule has 0 aliphatic rings. The average molecular weight is 228 g/mol. The van der Waals surface area contributed by atoms with Crippen LogP contribution < -0.4 is 5.43 Å². The molecule has 0 saturated heterocycles. The van der Waals surface area contributed by atoms with Crippen LogP contribution in [0.1, 0.15) is 21.7 Å². The molecule has 0 atom stereocenters. The first-order valence-corrected chi connectivity index (χ1v) is 5.19. The lowest BCUT2D eigenvalue weighted by atomic mass is 10.2. The van der Waals surface area contributed by atoms with Crippen molar-refractivity contribution in [2.75, 3.05) is 0 Å². The summed E-state index contributed by atoms with van der Waals surface area (Å²) in [6, 6.07) is 11.1. The maximum Gasteiger partial charge on any atom is 0.307 e. The molecule has 2 rings (SSSR count). The largest absolute Gasteiger partial charge is 0.459 e. The summed E-state index contributed by atoms with van der Waals surface area (Å²) in [5.74, 6) is -0.120. The van der Waals surface area contributed by atoms with E-state index in [9.17, 15) is 4.79 Å². The molecule has 0 radical (unpaired) electrons. The maximum absolute atomic E-state index is 11.4. The monoisotopic (exact) mass is 228 g/mol. The number of benzene rings is 1. The van der Waals surface area contributed by atoms with Crippen LogP contribution in [0.25, 0.3) is 0 Å². The topological polar surface area (TPSA) is 54.6 Å². The van der Waals surface area contributed by atoms with Crippen LogP contribution in [0, 0.1) is 6.92 Å². The fourth-order valence-electron chi connectivity index (χ4n) is 1.38. The van der Waals surface area contributed by atoms with E-state index in [1.807, 2.05) is 31.2 Å². The molecule has 0 saturated carbocycles. The van der Waals surface area contributed by atoms with Gasteiger partial charge >= 0.3 is 5.91 Å². The maximum atomic E-state index is 11.4. The first-order chi connectivity index (χ1) is 8.25. The van der Waals surface area contributed by atoms with E-state index in [0.29, 0.717) is 0 Å². The highest BCUT2D eigenvalue weighted by Crippen LogP contribution is 2.01. The van der Waals surface area contributed by atoms with E-state index in [2.05, 4.69) is 10.5 Å². The molecule has 17 heavy (non-hydrogen) atoms. The third kappa shape index (κ3) is 3.04. The minimum atomic E-state index is -0.362. The van der Waals surface area contributed by atoms with Gasteiger partial charge in [0, 0.05) is 0 Å². The van der Waals surface area contributed by atoms with Gasteiger partial charge in [-0.15, -0.1) is 0 Å². The van der Waals surface area contributed by atoms with E-state index < -0.39 is 0 Å². The zero-order valence-corrected chi connectivity index (χ0v) is 9.38. The van der Waals surface area contributed by atoms with Crippen molar-refractivity contribution in [2.24, 2.45) is 5.10 Å². The third-order valence-corrected chi connectivity index (χ3v) is 2.17. The fraction of sp³-hybridized carbons (Fsp3) is 0.0769. The number of carbonyl (C=O) groups excluding carboxylic acids is 1. The highest BCUT2D eigenvalue weighted by molar-refractivity contribution is 5.92. The Kier molecular flexibility index (Phi) is 3.35. The summed E-state index contributed by atoms with van der Waals surface area (Å²) in [6.07, 6.45) is 3.03. The van der Waals surface area contributed by atoms with E-state index in [1.165, 1.54) is 6.26 Å². The van der Waals surface area contributed by atoms with Crippen molar-refractivity contribution >= 4 is 12.1 Å². The number of aryl methyl sites for hydroxylation is 1. The molecule has 1 heterocycles. The molecular weight excluding hydrogens is 216 g/mol. The predicted octanol–water partition coefficient (Wildman–Crippen LogP) is 2.35. The van der Waals surface area contributed by atoms with Gasteiger partial charge in [0.15, 0.2) is 5.76 Å². The Labute approximate surface area is 99.0 Å². The molecule has 0 aliphatic heterocycles. The number of furan rings is 1. The molecule has 2 aromatic rings. The molecule has 1 aromatic carbocycles. The van der Waals surface area contributed by atoms with Crippen LogP contribution in [0.3, 0.4) is 0 Å². The molecule has 1 aromatic heterocycles. The lowest BCUT2D eigenvalue weighted by molar-refractivity contribution is 0.0927. The number of nitrogens with zero attached hydrogens (tertiary/aromatic N) is 1. The van der Waals surface area contributed by atoms with Crippen molar-refractivity contribution in [1.29, 1.82) is 0 Å². The molecule has 0 aliphatic carbocycles. The quantitative estimate of drug-likeness (QED) is 0.647. The Bertz CT molecular complexity index is 530. The summed E-state index contributed by atoms with van der Waals surface area (Å²) in [6.45, 7) is 2.00. The molecule has 0 spiro atoms. The summed E-state index contributed by atoms with van der Waals surface area (Å²) in [7, 11) is 0. The second kappa shape index (κ2) is 5.12. The highest BCUT2D eigenvalue weighted by Gasteiger charge is 2.05. The lowest BCUT2D eigenvalue weighted by Crippen LogP contribution is -2.16. The van der Waals surface area contributed by atoms with Crippen molar-refractivity contribution < 1.29 is 9.21 Å². The molecular formula is C13H12N2O2. The summed E-state index contributed by atoms with van der Waals surface area (Å²) < 4.78 is 4.93. The van der Waals surface area contributed by atoms with E-state index in [4.69, 9.17) is 4.42 Å². The Balaban J connectivity index is 1.96. The fourth-order valence-corrected chi connectivity index (χ4v) is 1.38. The van der Waals surface area contributed by atoms with Gasteiger partial charge in [-0.1, -0.05) is 29.8 Å². The highest BCUT2D eigenvalue weighted by atomic mass is 16.3.